The lowest BCUT2D eigenvalue weighted by Gasteiger charge is -2.19. The number of benzene rings is 1. The SMILES string of the molecule is CN(CCc1ccccc1)c1nc(Cl)ccc1N. The fraction of sp³-hybridized carbons (Fsp3) is 0.214. The first-order valence-corrected chi connectivity index (χ1v) is 6.21. The molecule has 2 aromatic rings. The smallest absolute Gasteiger partial charge is 0.153 e. The first-order chi connectivity index (χ1) is 8.66. The minimum absolute atomic E-state index is 0.464. The van der Waals surface area contributed by atoms with E-state index in [0.717, 1.165) is 18.8 Å². The van der Waals surface area contributed by atoms with Crippen LogP contribution in [0.1, 0.15) is 5.56 Å². The maximum Gasteiger partial charge on any atom is 0.153 e. The summed E-state index contributed by atoms with van der Waals surface area (Å²) in [6, 6.07) is 13.8. The van der Waals surface area contributed by atoms with E-state index in [1.54, 1.807) is 12.1 Å². The van der Waals surface area contributed by atoms with Crippen molar-refractivity contribution in [2.45, 2.75) is 6.42 Å². The number of hydrogen-bond acceptors (Lipinski definition) is 3. The van der Waals surface area contributed by atoms with Gasteiger partial charge in [-0.15, -0.1) is 0 Å². The van der Waals surface area contributed by atoms with Crippen molar-refractivity contribution >= 4 is 23.1 Å². The molecular formula is C14H16ClN3. The van der Waals surface area contributed by atoms with E-state index in [1.165, 1.54) is 5.56 Å². The Labute approximate surface area is 112 Å². The summed E-state index contributed by atoms with van der Waals surface area (Å²) in [5.41, 5.74) is 7.84. The summed E-state index contributed by atoms with van der Waals surface area (Å²) in [5.74, 6) is 0.735. The van der Waals surface area contributed by atoms with Crippen molar-refractivity contribution in [3.05, 3.63) is 53.2 Å². The molecule has 0 unspecified atom stereocenters. The predicted octanol–water partition coefficient (Wildman–Crippen LogP) is 3.00. The Morgan fingerprint density at radius 1 is 1.17 bits per heavy atom. The number of aromatic nitrogens is 1. The summed E-state index contributed by atoms with van der Waals surface area (Å²) in [4.78, 5) is 6.27. The van der Waals surface area contributed by atoms with Crippen molar-refractivity contribution in [2.75, 3.05) is 24.2 Å². The zero-order valence-electron chi connectivity index (χ0n) is 10.3. The van der Waals surface area contributed by atoms with Crippen LogP contribution in [0.15, 0.2) is 42.5 Å². The minimum Gasteiger partial charge on any atom is -0.396 e. The van der Waals surface area contributed by atoms with E-state index in [4.69, 9.17) is 17.3 Å². The summed E-state index contributed by atoms with van der Waals surface area (Å²) in [6.45, 7) is 0.849. The number of nitrogen functional groups attached to an aromatic ring is 1. The molecule has 3 nitrogen and oxygen atoms in total. The second-order valence-corrected chi connectivity index (χ2v) is 4.59. The van der Waals surface area contributed by atoms with Gasteiger partial charge in [0, 0.05) is 13.6 Å². The summed E-state index contributed by atoms with van der Waals surface area (Å²) in [6.07, 6.45) is 0.949. The van der Waals surface area contributed by atoms with Gasteiger partial charge in [-0.2, -0.15) is 0 Å². The average Bonchev–Trinajstić information content (AvgIpc) is 2.40. The second kappa shape index (κ2) is 5.74. The quantitative estimate of drug-likeness (QED) is 0.861. The molecule has 1 aromatic carbocycles. The first-order valence-electron chi connectivity index (χ1n) is 5.84. The van der Waals surface area contributed by atoms with Crippen LogP contribution in [0, 0.1) is 0 Å². The molecule has 0 radical (unpaired) electrons. The van der Waals surface area contributed by atoms with Crippen molar-refractivity contribution in [2.24, 2.45) is 0 Å². The van der Waals surface area contributed by atoms with Crippen LogP contribution in [0.4, 0.5) is 11.5 Å². The number of nitrogens with two attached hydrogens (primary N) is 1. The largest absolute Gasteiger partial charge is 0.396 e. The Morgan fingerprint density at radius 2 is 1.89 bits per heavy atom. The van der Waals surface area contributed by atoms with E-state index in [0.29, 0.717) is 10.8 Å². The lowest BCUT2D eigenvalue weighted by Crippen LogP contribution is -2.22. The summed E-state index contributed by atoms with van der Waals surface area (Å²) >= 11 is 5.88. The number of halogens is 1. The molecule has 0 aliphatic carbocycles. The van der Waals surface area contributed by atoms with Crippen molar-refractivity contribution in [1.82, 2.24) is 4.98 Å². The molecule has 0 saturated heterocycles. The van der Waals surface area contributed by atoms with Crippen molar-refractivity contribution < 1.29 is 0 Å². The summed E-state index contributed by atoms with van der Waals surface area (Å²) in [5, 5.41) is 0.464. The molecule has 4 heteroatoms. The Balaban J connectivity index is 2.03. The predicted molar refractivity (Wildman–Crippen MR) is 77.1 cm³/mol. The Kier molecular flexibility index (Phi) is 4.05. The lowest BCUT2D eigenvalue weighted by atomic mass is 10.1. The van der Waals surface area contributed by atoms with Gasteiger partial charge in [-0.25, -0.2) is 4.98 Å². The lowest BCUT2D eigenvalue weighted by molar-refractivity contribution is 0.861. The van der Waals surface area contributed by atoms with Gasteiger partial charge in [0.1, 0.15) is 5.15 Å². The van der Waals surface area contributed by atoms with Crippen LogP contribution in [-0.2, 0) is 6.42 Å². The molecule has 2 N–H and O–H groups in total. The van der Waals surface area contributed by atoms with E-state index >= 15 is 0 Å². The van der Waals surface area contributed by atoms with E-state index < -0.39 is 0 Å². The topological polar surface area (TPSA) is 42.2 Å². The van der Waals surface area contributed by atoms with Crippen molar-refractivity contribution in [3.8, 4) is 0 Å². The van der Waals surface area contributed by atoms with Gasteiger partial charge in [-0.05, 0) is 24.1 Å². The van der Waals surface area contributed by atoms with Crippen LogP contribution in [0.25, 0.3) is 0 Å². The highest BCUT2D eigenvalue weighted by Crippen LogP contribution is 2.21. The van der Waals surface area contributed by atoms with Gasteiger partial charge in [0.25, 0.3) is 0 Å². The van der Waals surface area contributed by atoms with Gasteiger partial charge < -0.3 is 10.6 Å². The van der Waals surface area contributed by atoms with Gasteiger partial charge in [-0.3, -0.25) is 0 Å². The van der Waals surface area contributed by atoms with Gasteiger partial charge in [0.05, 0.1) is 5.69 Å². The molecule has 0 atom stereocenters. The zero-order chi connectivity index (χ0) is 13.0. The molecule has 0 bridgehead atoms. The van der Waals surface area contributed by atoms with Crippen LogP contribution in [0.5, 0.6) is 0 Å². The molecule has 18 heavy (non-hydrogen) atoms. The highest BCUT2D eigenvalue weighted by Gasteiger charge is 2.07. The normalized spacial score (nSPS) is 10.3. The molecule has 0 spiro atoms. The Bertz CT molecular complexity index is 514. The molecule has 94 valence electrons. The number of rotatable bonds is 4. The minimum atomic E-state index is 0.464. The van der Waals surface area contributed by atoms with Crippen molar-refractivity contribution in [1.29, 1.82) is 0 Å². The maximum atomic E-state index is 5.90. The number of nitrogens with zero attached hydrogens (tertiary/aromatic N) is 2. The summed E-state index contributed by atoms with van der Waals surface area (Å²) in [7, 11) is 1.97. The molecule has 0 aliphatic heterocycles. The second-order valence-electron chi connectivity index (χ2n) is 4.20. The Hall–Kier alpha value is -1.74. The molecule has 0 fully saturated rings. The molecule has 2 rings (SSSR count). The molecule has 1 aromatic heterocycles. The Morgan fingerprint density at radius 3 is 2.61 bits per heavy atom. The highest BCUT2D eigenvalue weighted by molar-refractivity contribution is 6.29. The molecule has 0 amide bonds. The van der Waals surface area contributed by atoms with Gasteiger partial charge in [-0.1, -0.05) is 41.9 Å². The monoisotopic (exact) mass is 261 g/mol. The standard InChI is InChI=1S/C14H16ClN3/c1-18(10-9-11-5-3-2-4-6-11)14-12(16)7-8-13(15)17-14/h2-8H,9-10,16H2,1H3. The third kappa shape index (κ3) is 3.14. The number of hydrogen-bond donors (Lipinski definition) is 1. The third-order valence-electron chi connectivity index (χ3n) is 2.81. The third-order valence-corrected chi connectivity index (χ3v) is 3.02. The van der Waals surface area contributed by atoms with E-state index in [2.05, 4.69) is 17.1 Å². The average molecular weight is 262 g/mol. The van der Waals surface area contributed by atoms with Crippen LogP contribution in [0.3, 0.4) is 0 Å². The van der Waals surface area contributed by atoms with Gasteiger partial charge >= 0.3 is 0 Å². The first kappa shape index (κ1) is 12.7. The molecular weight excluding hydrogens is 246 g/mol. The van der Waals surface area contributed by atoms with Crippen LogP contribution in [0.2, 0.25) is 5.15 Å². The summed E-state index contributed by atoms with van der Waals surface area (Å²) < 4.78 is 0. The van der Waals surface area contributed by atoms with Crippen LogP contribution in [-0.4, -0.2) is 18.6 Å². The fourth-order valence-corrected chi connectivity index (χ4v) is 1.93. The van der Waals surface area contributed by atoms with Crippen molar-refractivity contribution in [3.63, 3.8) is 0 Å². The number of likely N-dealkylation sites (N-methyl/N-ethyl adjacent to an activating group) is 1. The molecule has 0 aliphatic rings. The van der Waals surface area contributed by atoms with E-state index in [9.17, 15) is 0 Å². The maximum absolute atomic E-state index is 5.90. The van der Waals surface area contributed by atoms with Crippen LogP contribution < -0.4 is 10.6 Å². The highest BCUT2D eigenvalue weighted by atomic mass is 35.5. The number of pyridine rings is 1. The van der Waals surface area contributed by atoms with E-state index in [-0.39, 0.29) is 0 Å². The number of anilines is 2. The zero-order valence-corrected chi connectivity index (χ0v) is 11.1. The van der Waals surface area contributed by atoms with E-state index in [1.807, 2.05) is 30.1 Å². The fourth-order valence-electron chi connectivity index (χ4n) is 1.79. The molecule has 1 heterocycles. The van der Waals surface area contributed by atoms with Gasteiger partial charge in [0.15, 0.2) is 5.82 Å². The molecule has 0 saturated carbocycles. The van der Waals surface area contributed by atoms with Crippen LogP contribution >= 0.6 is 11.6 Å². The van der Waals surface area contributed by atoms with Gasteiger partial charge in [0.2, 0.25) is 0 Å².